The van der Waals surface area contributed by atoms with E-state index >= 15 is 0 Å². The van der Waals surface area contributed by atoms with Gasteiger partial charge >= 0.3 is 0 Å². The van der Waals surface area contributed by atoms with E-state index in [1.54, 1.807) is 13.0 Å². The fourth-order valence-corrected chi connectivity index (χ4v) is 1.96. The Morgan fingerprint density at radius 3 is 2.56 bits per heavy atom. The summed E-state index contributed by atoms with van der Waals surface area (Å²) in [6, 6.07) is 15.5. The summed E-state index contributed by atoms with van der Waals surface area (Å²) in [5.41, 5.74) is 2.93. The molecule has 0 amide bonds. The maximum absolute atomic E-state index is 13.3. The third kappa shape index (κ3) is 3.33. The van der Waals surface area contributed by atoms with Gasteiger partial charge in [-0.15, -0.1) is 0 Å². The average molecular weight is 243 g/mol. The lowest BCUT2D eigenvalue weighted by atomic mass is 10.1. The molecule has 0 radical (unpaired) electrons. The van der Waals surface area contributed by atoms with Crippen LogP contribution in [0.5, 0.6) is 0 Å². The molecule has 0 aromatic heterocycles. The molecule has 0 bridgehead atoms. The molecule has 1 nitrogen and oxygen atoms in total. The van der Waals surface area contributed by atoms with Gasteiger partial charge in [-0.3, -0.25) is 0 Å². The highest BCUT2D eigenvalue weighted by molar-refractivity contribution is 5.50. The van der Waals surface area contributed by atoms with Gasteiger partial charge in [-0.2, -0.15) is 0 Å². The van der Waals surface area contributed by atoms with Crippen LogP contribution in [0.15, 0.2) is 48.5 Å². The third-order valence-corrected chi connectivity index (χ3v) is 3.07. The van der Waals surface area contributed by atoms with Gasteiger partial charge in [0.2, 0.25) is 0 Å². The van der Waals surface area contributed by atoms with Crippen molar-refractivity contribution in [2.45, 2.75) is 19.8 Å². The molecule has 0 unspecified atom stereocenters. The number of nitrogens with one attached hydrogen (secondary N) is 1. The number of benzene rings is 2. The molecular weight excluding hydrogens is 225 g/mol. The Morgan fingerprint density at radius 1 is 1.00 bits per heavy atom. The molecule has 0 saturated carbocycles. The minimum Gasteiger partial charge on any atom is -0.385 e. The summed E-state index contributed by atoms with van der Waals surface area (Å²) in [6.07, 6.45) is 2.09. The summed E-state index contributed by atoms with van der Waals surface area (Å²) in [5.74, 6) is -0.150. The minimum atomic E-state index is -0.150. The van der Waals surface area contributed by atoms with Gasteiger partial charge in [0.15, 0.2) is 0 Å². The van der Waals surface area contributed by atoms with E-state index in [0.29, 0.717) is 5.56 Å². The molecule has 0 aliphatic rings. The maximum atomic E-state index is 13.3. The van der Waals surface area contributed by atoms with Crippen LogP contribution >= 0.6 is 0 Å². The van der Waals surface area contributed by atoms with E-state index in [2.05, 4.69) is 29.6 Å². The lowest BCUT2D eigenvalue weighted by molar-refractivity contribution is 0.619. The second-order valence-electron chi connectivity index (χ2n) is 4.43. The van der Waals surface area contributed by atoms with Crippen molar-refractivity contribution in [2.75, 3.05) is 11.9 Å². The molecule has 2 rings (SSSR count). The predicted molar refractivity (Wildman–Crippen MR) is 74.4 cm³/mol. The number of halogens is 1. The molecule has 0 aliphatic heterocycles. The third-order valence-electron chi connectivity index (χ3n) is 3.07. The molecule has 18 heavy (non-hydrogen) atoms. The van der Waals surface area contributed by atoms with Crippen molar-refractivity contribution in [1.82, 2.24) is 0 Å². The molecule has 0 fully saturated rings. The molecule has 1 N–H and O–H groups in total. The van der Waals surface area contributed by atoms with Gasteiger partial charge in [0.05, 0.1) is 0 Å². The normalized spacial score (nSPS) is 10.3. The second-order valence-corrected chi connectivity index (χ2v) is 4.43. The van der Waals surface area contributed by atoms with Crippen molar-refractivity contribution in [3.8, 4) is 0 Å². The molecule has 0 aliphatic carbocycles. The number of hydrogen-bond acceptors (Lipinski definition) is 1. The van der Waals surface area contributed by atoms with Crippen molar-refractivity contribution >= 4 is 5.69 Å². The summed E-state index contributed by atoms with van der Waals surface area (Å²) in [5, 5.41) is 3.28. The monoisotopic (exact) mass is 243 g/mol. The summed E-state index contributed by atoms with van der Waals surface area (Å²) in [7, 11) is 0. The Hall–Kier alpha value is -1.83. The summed E-state index contributed by atoms with van der Waals surface area (Å²) in [4.78, 5) is 0. The van der Waals surface area contributed by atoms with Crippen LogP contribution in [0, 0.1) is 12.7 Å². The molecule has 2 heteroatoms. The van der Waals surface area contributed by atoms with Crippen LogP contribution in [-0.2, 0) is 6.42 Å². The lowest BCUT2D eigenvalue weighted by Crippen LogP contribution is -2.05. The largest absolute Gasteiger partial charge is 0.385 e. The van der Waals surface area contributed by atoms with Crippen LogP contribution in [-0.4, -0.2) is 6.54 Å². The Balaban J connectivity index is 1.81. The Labute approximate surface area is 108 Å². The molecule has 2 aromatic carbocycles. The van der Waals surface area contributed by atoms with Crippen LogP contribution in [0.3, 0.4) is 0 Å². The zero-order valence-electron chi connectivity index (χ0n) is 10.6. The Morgan fingerprint density at radius 2 is 1.78 bits per heavy atom. The highest BCUT2D eigenvalue weighted by atomic mass is 19.1. The van der Waals surface area contributed by atoms with E-state index in [9.17, 15) is 4.39 Å². The van der Waals surface area contributed by atoms with Crippen LogP contribution in [0.1, 0.15) is 17.5 Å². The molecule has 0 atom stereocenters. The minimum absolute atomic E-state index is 0.150. The fourth-order valence-electron chi connectivity index (χ4n) is 1.96. The highest BCUT2D eigenvalue weighted by Gasteiger charge is 2.01. The molecular formula is C16H18FN. The van der Waals surface area contributed by atoms with Crippen LogP contribution in [0.25, 0.3) is 0 Å². The highest BCUT2D eigenvalue weighted by Crippen LogP contribution is 2.17. The second kappa shape index (κ2) is 6.20. The zero-order chi connectivity index (χ0) is 12.8. The van der Waals surface area contributed by atoms with Crippen LogP contribution in [0.4, 0.5) is 10.1 Å². The topological polar surface area (TPSA) is 12.0 Å². The van der Waals surface area contributed by atoms with Crippen molar-refractivity contribution in [1.29, 1.82) is 0 Å². The summed E-state index contributed by atoms with van der Waals surface area (Å²) < 4.78 is 13.3. The standard InChI is InChI=1S/C16H18FN/c1-13-15(17)10-5-11-16(13)18-12-6-9-14-7-3-2-4-8-14/h2-5,7-8,10-11,18H,6,9,12H2,1H3. The van der Waals surface area contributed by atoms with Gasteiger partial charge in [0.1, 0.15) is 5.82 Å². The van der Waals surface area contributed by atoms with Crippen molar-refractivity contribution in [2.24, 2.45) is 0 Å². The molecule has 0 spiro atoms. The number of hydrogen-bond donors (Lipinski definition) is 1. The van der Waals surface area contributed by atoms with Gasteiger partial charge in [0.25, 0.3) is 0 Å². The number of aryl methyl sites for hydroxylation is 1. The Kier molecular flexibility index (Phi) is 4.35. The van der Waals surface area contributed by atoms with E-state index < -0.39 is 0 Å². The van der Waals surface area contributed by atoms with Crippen LogP contribution in [0.2, 0.25) is 0 Å². The van der Waals surface area contributed by atoms with Gasteiger partial charge in [0, 0.05) is 17.8 Å². The summed E-state index contributed by atoms with van der Waals surface area (Å²) in [6.45, 7) is 2.66. The van der Waals surface area contributed by atoms with E-state index in [-0.39, 0.29) is 5.82 Å². The van der Waals surface area contributed by atoms with Gasteiger partial charge < -0.3 is 5.32 Å². The number of rotatable bonds is 5. The van der Waals surface area contributed by atoms with E-state index in [4.69, 9.17) is 0 Å². The quantitative estimate of drug-likeness (QED) is 0.777. The molecule has 2 aromatic rings. The zero-order valence-corrected chi connectivity index (χ0v) is 10.6. The molecule has 94 valence electrons. The SMILES string of the molecule is Cc1c(F)cccc1NCCCc1ccccc1. The van der Waals surface area contributed by atoms with E-state index in [0.717, 1.165) is 25.1 Å². The van der Waals surface area contributed by atoms with Gasteiger partial charge in [-0.05, 0) is 37.5 Å². The van der Waals surface area contributed by atoms with Crippen molar-refractivity contribution in [3.05, 3.63) is 65.5 Å². The Bertz CT molecular complexity index is 494. The fraction of sp³-hybridized carbons (Fsp3) is 0.250. The maximum Gasteiger partial charge on any atom is 0.128 e. The average Bonchev–Trinajstić information content (AvgIpc) is 2.40. The summed E-state index contributed by atoms with van der Waals surface area (Å²) >= 11 is 0. The first kappa shape index (κ1) is 12.6. The van der Waals surface area contributed by atoms with Crippen molar-refractivity contribution < 1.29 is 4.39 Å². The first-order valence-corrected chi connectivity index (χ1v) is 6.30. The molecule has 0 heterocycles. The first-order valence-electron chi connectivity index (χ1n) is 6.30. The first-order chi connectivity index (χ1) is 8.77. The lowest BCUT2D eigenvalue weighted by Gasteiger charge is -2.09. The van der Waals surface area contributed by atoms with Crippen molar-refractivity contribution in [3.63, 3.8) is 0 Å². The number of anilines is 1. The van der Waals surface area contributed by atoms with Gasteiger partial charge in [-0.25, -0.2) is 4.39 Å². The van der Waals surface area contributed by atoms with Crippen LogP contribution < -0.4 is 5.32 Å². The van der Waals surface area contributed by atoms with E-state index in [1.807, 2.05) is 12.1 Å². The smallest absolute Gasteiger partial charge is 0.128 e. The van der Waals surface area contributed by atoms with E-state index in [1.165, 1.54) is 11.6 Å². The molecule has 0 saturated heterocycles. The predicted octanol–water partition coefficient (Wildman–Crippen LogP) is 4.18. The van der Waals surface area contributed by atoms with Gasteiger partial charge in [-0.1, -0.05) is 36.4 Å².